The van der Waals surface area contributed by atoms with Crippen LogP contribution in [-0.4, -0.2) is 29.0 Å². The first-order chi connectivity index (χ1) is 7.09. The lowest BCUT2D eigenvalue weighted by molar-refractivity contribution is 0.264. The van der Waals surface area contributed by atoms with Gasteiger partial charge in [-0.2, -0.15) is 0 Å². The fourth-order valence-electron chi connectivity index (χ4n) is 2.02. The Balaban J connectivity index is 2.92. The highest BCUT2D eigenvalue weighted by Gasteiger charge is 2.40. The predicted octanol–water partition coefficient (Wildman–Crippen LogP) is 1.92. The molecule has 2 atom stereocenters. The molecule has 0 aliphatic carbocycles. The molecule has 0 fully saturated rings. The van der Waals surface area contributed by atoms with Gasteiger partial charge in [-0.3, -0.25) is 0 Å². The summed E-state index contributed by atoms with van der Waals surface area (Å²) in [4.78, 5) is 6.83. The number of rotatable bonds is 5. The lowest BCUT2D eigenvalue weighted by Gasteiger charge is -2.31. The molecule has 0 aromatic heterocycles. The van der Waals surface area contributed by atoms with Crippen LogP contribution >= 0.6 is 0 Å². The second kappa shape index (κ2) is 4.62. The van der Waals surface area contributed by atoms with E-state index < -0.39 is 5.66 Å². The monoisotopic (exact) mass is 207 g/mol. The summed E-state index contributed by atoms with van der Waals surface area (Å²) in [6.07, 6.45) is 5.35. The molecule has 1 aliphatic heterocycles. The van der Waals surface area contributed by atoms with Crippen LogP contribution in [0.3, 0.4) is 0 Å². The molecule has 0 spiro atoms. The van der Waals surface area contributed by atoms with Crippen molar-refractivity contribution >= 4 is 5.84 Å². The maximum atomic E-state index is 6.27. The van der Waals surface area contributed by atoms with Crippen LogP contribution in [0.25, 0.3) is 0 Å². The van der Waals surface area contributed by atoms with Crippen LogP contribution in [0.4, 0.5) is 0 Å². The molecule has 3 heteroatoms. The van der Waals surface area contributed by atoms with Gasteiger partial charge in [-0.05, 0) is 6.92 Å². The Kier molecular flexibility index (Phi) is 3.69. The van der Waals surface area contributed by atoms with Crippen molar-refractivity contribution in [3.63, 3.8) is 0 Å². The normalized spacial score (nSPS) is 30.2. The molecule has 2 N–H and O–H groups in total. The molecular formula is C12H21N3. The van der Waals surface area contributed by atoms with Crippen molar-refractivity contribution in [3.05, 3.63) is 25.3 Å². The zero-order valence-electron chi connectivity index (χ0n) is 9.74. The summed E-state index contributed by atoms with van der Waals surface area (Å²) in [5.74, 6) is 1.08. The van der Waals surface area contributed by atoms with Gasteiger partial charge in [0.1, 0.15) is 11.5 Å². The minimum atomic E-state index is -0.504. The van der Waals surface area contributed by atoms with Crippen molar-refractivity contribution in [2.24, 2.45) is 10.7 Å². The Hall–Kier alpha value is -1.09. The van der Waals surface area contributed by atoms with Crippen LogP contribution in [0.2, 0.25) is 0 Å². The van der Waals surface area contributed by atoms with Crippen molar-refractivity contribution in [3.8, 4) is 0 Å². The number of hydrogen-bond acceptors (Lipinski definition) is 3. The maximum absolute atomic E-state index is 6.27. The second-order valence-electron chi connectivity index (χ2n) is 3.98. The predicted molar refractivity (Wildman–Crippen MR) is 65.8 cm³/mol. The van der Waals surface area contributed by atoms with Crippen LogP contribution < -0.4 is 5.73 Å². The third kappa shape index (κ3) is 2.12. The zero-order chi connectivity index (χ0) is 11.5. The van der Waals surface area contributed by atoms with Crippen molar-refractivity contribution in [2.45, 2.75) is 38.4 Å². The second-order valence-corrected chi connectivity index (χ2v) is 3.98. The molecule has 2 unspecified atom stereocenters. The van der Waals surface area contributed by atoms with Gasteiger partial charge in [0.15, 0.2) is 0 Å². The van der Waals surface area contributed by atoms with Crippen LogP contribution in [0, 0.1) is 0 Å². The molecule has 0 saturated heterocycles. The van der Waals surface area contributed by atoms with Crippen molar-refractivity contribution in [2.75, 3.05) is 6.54 Å². The van der Waals surface area contributed by atoms with Gasteiger partial charge in [0.25, 0.3) is 0 Å². The van der Waals surface area contributed by atoms with Crippen LogP contribution in [0.1, 0.15) is 26.7 Å². The lowest BCUT2D eigenvalue weighted by Crippen LogP contribution is -2.50. The Morgan fingerprint density at radius 2 is 2.20 bits per heavy atom. The molecule has 3 nitrogen and oxygen atoms in total. The Bertz CT molecular complexity index is 283. The maximum Gasteiger partial charge on any atom is 0.133 e. The van der Waals surface area contributed by atoms with Crippen LogP contribution in [-0.2, 0) is 0 Å². The van der Waals surface area contributed by atoms with Gasteiger partial charge in [0.05, 0.1) is 6.04 Å². The molecule has 1 aliphatic rings. The molecule has 15 heavy (non-hydrogen) atoms. The van der Waals surface area contributed by atoms with E-state index in [1.807, 2.05) is 12.2 Å². The standard InChI is InChI=1S/C12H21N3/c1-5-8-12(13)10(4)15(9-6-2)11(7-3)14-12/h5-6,10H,1-2,7-9,13H2,3-4H3. The lowest BCUT2D eigenvalue weighted by atomic mass is 10.00. The minimum absolute atomic E-state index is 0.212. The molecular weight excluding hydrogens is 186 g/mol. The van der Waals surface area contributed by atoms with E-state index in [1.165, 1.54) is 0 Å². The third-order valence-corrected chi connectivity index (χ3v) is 2.97. The number of hydrogen-bond donors (Lipinski definition) is 1. The highest BCUT2D eigenvalue weighted by molar-refractivity contribution is 5.85. The van der Waals surface area contributed by atoms with Gasteiger partial charge >= 0.3 is 0 Å². The van der Waals surface area contributed by atoms with Gasteiger partial charge in [-0.15, -0.1) is 13.2 Å². The van der Waals surface area contributed by atoms with Crippen LogP contribution in [0.5, 0.6) is 0 Å². The van der Waals surface area contributed by atoms with E-state index >= 15 is 0 Å². The first-order valence-corrected chi connectivity index (χ1v) is 5.45. The van der Waals surface area contributed by atoms with Crippen molar-refractivity contribution in [1.82, 2.24) is 4.90 Å². The molecule has 0 aromatic rings. The van der Waals surface area contributed by atoms with E-state index in [2.05, 4.69) is 36.9 Å². The number of amidine groups is 1. The van der Waals surface area contributed by atoms with Gasteiger partial charge in [0, 0.05) is 19.4 Å². The molecule has 0 radical (unpaired) electrons. The zero-order valence-corrected chi connectivity index (χ0v) is 9.74. The highest BCUT2D eigenvalue weighted by atomic mass is 15.3. The smallest absolute Gasteiger partial charge is 0.133 e. The number of aliphatic imine (C=N–C) groups is 1. The Morgan fingerprint density at radius 1 is 1.53 bits per heavy atom. The summed E-state index contributed by atoms with van der Waals surface area (Å²) in [5, 5.41) is 0. The average Bonchev–Trinajstić information content (AvgIpc) is 2.44. The van der Waals surface area contributed by atoms with E-state index in [9.17, 15) is 0 Å². The van der Waals surface area contributed by atoms with E-state index in [0.717, 1.165) is 18.8 Å². The third-order valence-electron chi connectivity index (χ3n) is 2.97. The molecule has 1 heterocycles. The van der Waals surface area contributed by atoms with Crippen LogP contribution in [0.15, 0.2) is 30.3 Å². The summed E-state index contributed by atoms with van der Waals surface area (Å²) < 4.78 is 0. The largest absolute Gasteiger partial charge is 0.350 e. The van der Waals surface area contributed by atoms with E-state index in [1.54, 1.807) is 0 Å². The summed E-state index contributed by atoms with van der Waals surface area (Å²) in [7, 11) is 0. The summed E-state index contributed by atoms with van der Waals surface area (Å²) >= 11 is 0. The highest BCUT2D eigenvalue weighted by Crippen LogP contribution is 2.28. The van der Waals surface area contributed by atoms with Gasteiger partial charge < -0.3 is 10.6 Å². The van der Waals surface area contributed by atoms with Gasteiger partial charge in [-0.1, -0.05) is 19.1 Å². The fourth-order valence-corrected chi connectivity index (χ4v) is 2.02. The topological polar surface area (TPSA) is 41.6 Å². The molecule has 0 aromatic carbocycles. The average molecular weight is 207 g/mol. The summed E-state index contributed by atoms with van der Waals surface area (Å²) in [5.41, 5.74) is 5.76. The van der Waals surface area contributed by atoms with E-state index in [4.69, 9.17) is 5.73 Å². The van der Waals surface area contributed by atoms with E-state index in [0.29, 0.717) is 6.42 Å². The molecule has 1 rings (SSSR count). The Morgan fingerprint density at radius 3 is 2.67 bits per heavy atom. The van der Waals surface area contributed by atoms with E-state index in [-0.39, 0.29) is 6.04 Å². The minimum Gasteiger partial charge on any atom is -0.350 e. The van der Waals surface area contributed by atoms with Crippen molar-refractivity contribution < 1.29 is 0 Å². The summed E-state index contributed by atoms with van der Waals surface area (Å²) in [6, 6.07) is 0.212. The molecule has 84 valence electrons. The first-order valence-electron chi connectivity index (χ1n) is 5.45. The number of nitrogens with two attached hydrogens (primary N) is 1. The fraction of sp³-hybridized carbons (Fsp3) is 0.583. The van der Waals surface area contributed by atoms with Crippen molar-refractivity contribution in [1.29, 1.82) is 0 Å². The molecule has 0 bridgehead atoms. The SMILES string of the molecule is C=CCN1C(CC)=NC(N)(CC=C)C1C. The Labute approximate surface area is 92.4 Å². The molecule has 0 saturated carbocycles. The van der Waals surface area contributed by atoms with Gasteiger partial charge in [0.2, 0.25) is 0 Å². The summed E-state index contributed by atoms with van der Waals surface area (Å²) in [6.45, 7) is 12.5. The molecule has 0 amide bonds. The van der Waals surface area contributed by atoms with Gasteiger partial charge in [-0.25, -0.2) is 4.99 Å². The first kappa shape index (κ1) is 12.0. The number of nitrogens with zero attached hydrogens (tertiary/aromatic N) is 2. The quantitative estimate of drug-likeness (QED) is 0.700.